The van der Waals surface area contributed by atoms with E-state index in [1.54, 1.807) is 11.0 Å². The standard InChI is InChI=1S/C20H22N2O3/c23-14-17(12-15-6-2-1-3-7-15)21-19(24)13-22-11-10-16-8-4-5-9-18(16)20(22)25/h1-9,17,23H,10-14H2,(H,21,24)/t17-/m0/s1. The molecule has 0 spiro atoms. The van der Waals surface area contributed by atoms with Crippen molar-refractivity contribution in [2.75, 3.05) is 19.7 Å². The summed E-state index contributed by atoms with van der Waals surface area (Å²) in [4.78, 5) is 26.4. The fourth-order valence-electron chi connectivity index (χ4n) is 3.13. The summed E-state index contributed by atoms with van der Waals surface area (Å²) in [6, 6.07) is 16.8. The van der Waals surface area contributed by atoms with Crippen LogP contribution in [-0.4, -0.2) is 47.6 Å². The summed E-state index contributed by atoms with van der Waals surface area (Å²) in [6.45, 7) is 0.404. The van der Waals surface area contributed by atoms with E-state index < -0.39 is 0 Å². The first-order valence-corrected chi connectivity index (χ1v) is 8.48. The maximum Gasteiger partial charge on any atom is 0.254 e. The summed E-state index contributed by atoms with van der Waals surface area (Å²) < 4.78 is 0. The highest BCUT2D eigenvalue weighted by atomic mass is 16.3. The van der Waals surface area contributed by atoms with Gasteiger partial charge in [-0.1, -0.05) is 48.5 Å². The van der Waals surface area contributed by atoms with E-state index in [-0.39, 0.29) is 31.0 Å². The predicted molar refractivity (Wildman–Crippen MR) is 95.2 cm³/mol. The van der Waals surface area contributed by atoms with Gasteiger partial charge in [0, 0.05) is 12.1 Å². The van der Waals surface area contributed by atoms with Gasteiger partial charge < -0.3 is 15.3 Å². The Bertz CT molecular complexity index is 746. The number of aliphatic hydroxyl groups is 1. The van der Waals surface area contributed by atoms with Crippen LogP contribution >= 0.6 is 0 Å². The lowest BCUT2D eigenvalue weighted by Crippen LogP contribution is -2.48. The monoisotopic (exact) mass is 338 g/mol. The van der Waals surface area contributed by atoms with Crippen LogP contribution in [0.2, 0.25) is 0 Å². The summed E-state index contributed by atoms with van der Waals surface area (Å²) in [7, 11) is 0. The van der Waals surface area contributed by atoms with Crippen molar-refractivity contribution >= 4 is 11.8 Å². The number of carbonyl (C=O) groups excluding carboxylic acids is 2. The number of hydrogen-bond donors (Lipinski definition) is 2. The highest BCUT2D eigenvalue weighted by Crippen LogP contribution is 2.18. The second-order valence-corrected chi connectivity index (χ2v) is 6.27. The van der Waals surface area contributed by atoms with E-state index in [0.29, 0.717) is 18.5 Å². The van der Waals surface area contributed by atoms with E-state index in [4.69, 9.17) is 0 Å². The van der Waals surface area contributed by atoms with E-state index in [1.165, 1.54) is 0 Å². The number of fused-ring (bicyclic) bond motifs is 1. The second-order valence-electron chi connectivity index (χ2n) is 6.27. The molecule has 2 aromatic rings. The Kier molecular flexibility index (Phi) is 5.46. The van der Waals surface area contributed by atoms with Gasteiger partial charge in [0.05, 0.1) is 19.2 Å². The quantitative estimate of drug-likeness (QED) is 0.837. The molecule has 1 heterocycles. The van der Waals surface area contributed by atoms with E-state index in [0.717, 1.165) is 17.5 Å². The summed E-state index contributed by atoms with van der Waals surface area (Å²) >= 11 is 0. The normalized spacial score (nSPS) is 14.8. The molecule has 2 N–H and O–H groups in total. The minimum absolute atomic E-state index is 0.0124. The zero-order chi connectivity index (χ0) is 17.6. The van der Waals surface area contributed by atoms with Crippen molar-refractivity contribution in [1.29, 1.82) is 0 Å². The molecule has 2 amide bonds. The summed E-state index contributed by atoms with van der Waals surface area (Å²) in [5.74, 6) is -0.358. The average Bonchev–Trinajstić information content (AvgIpc) is 2.64. The van der Waals surface area contributed by atoms with Crippen LogP contribution in [0.4, 0.5) is 0 Å². The molecule has 0 saturated heterocycles. The van der Waals surface area contributed by atoms with E-state index in [2.05, 4.69) is 5.32 Å². The van der Waals surface area contributed by atoms with Crippen molar-refractivity contribution in [2.24, 2.45) is 0 Å². The van der Waals surface area contributed by atoms with Crippen LogP contribution in [-0.2, 0) is 17.6 Å². The molecule has 0 unspecified atom stereocenters. The molecule has 1 aliphatic heterocycles. The minimum Gasteiger partial charge on any atom is -0.394 e. The molecule has 25 heavy (non-hydrogen) atoms. The van der Waals surface area contributed by atoms with Crippen molar-refractivity contribution in [3.05, 3.63) is 71.3 Å². The number of amides is 2. The fourth-order valence-corrected chi connectivity index (χ4v) is 3.13. The van der Waals surface area contributed by atoms with Gasteiger partial charge in [-0.2, -0.15) is 0 Å². The van der Waals surface area contributed by atoms with Crippen LogP contribution in [0.25, 0.3) is 0 Å². The average molecular weight is 338 g/mol. The third-order valence-corrected chi connectivity index (χ3v) is 4.43. The van der Waals surface area contributed by atoms with Gasteiger partial charge in [0.2, 0.25) is 5.91 Å². The maximum absolute atomic E-state index is 12.5. The number of nitrogens with one attached hydrogen (secondary N) is 1. The van der Waals surface area contributed by atoms with Crippen molar-refractivity contribution < 1.29 is 14.7 Å². The van der Waals surface area contributed by atoms with Crippen molar-refractivity contribution in [1.82, 2.24) is 10.2 Å². The summed E-state index contributed by atoms with van der Waals surface area (Å²) in [6.07, 6.45) is 1.31. The number of nitrogens with zero attached hydrogens (tertiary/aromatic N) is 1. The highest BCUT2D eigenvalue weighted by Gasteiger charge is 2.26. The van der Waals surface area contributed by atoms with Gasteiger partial charge in [0.25, 0.3) is 5.91 Å². The molecule has 5 heteroatoms. The van der Waals surface area contributed by atoms with Gasteiger partial charge in [-0.3, -0.25) is 9.59 Å². The molecule has 0 saturated carbocycles. The molecule has 1 atom stereocenters. The first-order valence-electron chi connectivity index (χ1n) is 8.48. The largest absolute Gasteiger partial charge is 0.394 e. The maximum atomic E-state index is 12.5. The number of benzene rings is 2. The highest BCUT2D eigenvalue weighted by molar-refractivity contribution is 5.98. The number of carbonyl (C=O) groups is 2. The second kappa shape index (κ2) is 7.94. The van der Waals surface area contributed by atoms with Crippen LogP contribution in [0, 0.1) is 0 Å². The lowest BCUT2D eigenvalue weighted by molar-refractivity contribution is -0.122. The zero-order valence-electron chi connectivity index (χ0n) is 14.0. The van der Waals surface area contributed by atoms with E-state index >= 15 is 0 Å². The zero-order valence-corrected chi connectivity index (χ0v) is 14.0. The number of aliphatic hydroxyl groups excluding tert-OH is 1. The summed E-state index contributed by atoms with van der Waals surface area (Å²) in [5.41, 5.74) is 2.75. The van der Waals surface area contributed by atoms with Gasteiger partial charge in [-0.15, -0.1) is 0 Å². The molecular formula is C20H22N2O3. The summed E-state index contributed by atoms with van der Waals surface area (Å²) in [5, 5.41) is 12.4. The molecule has 130 valence electrons. The van der Waals surface area contributed by atoms with Crippen molar-refractivity contribution in [3.63, 3.8) is 0 Å². The lowest BCUT2D eigenvalue weighted by Gasteiger charge is -2.28. The van der Waals surface area contributed by atoms with Crippen LogP contribution in [0.15, 0.2) is 54.6 Å². The van der Waals surface area contributed by atoms with E-state index in [9.17, 15) is 14.7 Å². The Hall–Kier alpha value is -2.66. The molecular weight excluding hydrogens is 316 g/mol. The molecule has 0 fully saturated rings. The number of rotatable bonds is 6. The first-order chi connectivity index (χ1) is 12.2. The van der Waals surface area contributed by atoms with Crippen LogP contribution in [0.1, 0.15) is 21.5 Å². The molecule has 3 rings (SSSR count). The van der Waals surface area contributed by atoms with Crippen molar-refractivity contribution in [2.45, 2.75) is 18.9 Å². The fraction of sp³-hybridized carbons (Fsp3) is 0.300. The molecule has 1 aliphatic rings. The Morgan fingerprint density at radius 1 is 1.12 bits per heavy atom. The van der Waals surface area contributed by atoms with Crippen LogP contribution in [0.5, 0.6) is 0 Å². The topological polar surface area (TPSA) is 69.6 Å². The SMILES string of the molecule is O=C(CN1CCc2ccccc2C1=O)N[C@H](CO)Cc1ccccc1. The molecule has 0 aliphatic carbocycles. The predicted octanol–water partition coefficient (Wildman–Crippen LogP) is 1.40. The molecule has 2 aromatic carbocycles. The first kappa shape index (κ1) is 17.2. The van der Waals surface area contributed by atoms with Crippen LogP contribution < -0.4 is 5.32 Å². The Morgan fingerprint density at radius 2 is 1.84 bits per heavy atom. The van der Waals surface area contributed by atoms with Gasteiger partial charge in [0.15, 0.2) is 0 Å². The molecule has 0 radical (unpaired) electrons. The Balaban J connectivity index is 1.58. The minimum atomic E-state index is -0.359. The van der Waals surface area contributed by atoms with Gasteiger partial charge in [-0.25, -0.2) is 0 Å². The van der Waals surface area contributed by atoms with Gasteiger partial charge in [0.1, 0.15) is 0 Å². The Morgan fingerprint density at radius 3 is 2.60 bits per heavy atom. The third kappa shape index (κ3) is 4.25. The molecule has 5 nitrogen and oxygen atoms in total. The van der Waals surface area contributed by atoms with Gasteiger partial charge in [-0.05, 0) is 30.0 Å². The van der Waals surface area contributed by atoms with Crippen LogP contribution in [0.3, 0.4) is 0 Å². The molecule has 0 bridgehead atoms. The van der Waals surface area contributed by atoms with E-state index in [1.807, 2.05) is 48.5 Å². The molecule has 0 aromatic heterocycles. The smallest absolute Gasteiger partial charge is 0.254 e. The van der Waals surface area contributed by atoms with Gasteiger partial charge >= 0.3 is 0 Å². The number of hydrogen-bond acceptors (Lipinski definition) is 3. The lowest BCUT2D eigenvalue weighted by atomic mass is 9.99. The third-order valence-electron chi connectivity index (χ3n) is 4.43. The Labute approximate surface area is 147 Å². The van der Waals surface area contributed by atoms with Crippen molar-refractivity contribution in [3.8, 4) is 0 Å².